The predicted molar refractivity (Wildman–Crippen MR) is 143 cm³/mol. The Hall–Kier alpha value is -3.65. The van der Waals surface area contributed by atoms with Crippen LogP contribution in [0.1, 0.15) is 34.5 Å². The topological polar surface area (TPSA) is 143 Å². The van der Waals surface area contributed by atoms with E-state index in [1.54, 1.807) is 12.1 Å². The van der Waals surface area contributed by atoms with E-state index in [2.05, 4.69) is 35.4 Å². The van der Waals surface area contributed by atoms with E-state index >= 15 is 0 Å². The van der Waals surface area contributed by atoms with Gasteiger partial charge in [-0.2, -0.15) is 5.26 Å². The fourth-order valence-corrected chi connectivity index (χ4v) is 4.99. The number of anilines is 2. The molecule has 1 aliphatic heterocycles. The van der Waals surface area contributed by atoms with Gasteiger partial charge in [0, 0.05) is 30.7 Å². The van der Waals surface area contributed by atoms with Gasteiger partial charge in [-0.05, 0) is 58.1 Å². The first-order chi connectivity index (χ1) is 17.4. The molecule has 2 aliphatic rings. The Kier molecular flexibility index (Phi) is 8.05. The van der Waals surface area contributed by atoms with Crippen LogP contribution >= 0.6 is 11.3 Å². The molecule has 4 rings (SSSR count). The summed E-state index contributed by atoms with van der Waals surface area (Å²) in [7, 11) is 4.13. The summed E-state index contributed by atoms with van der Waals surface area (Å²) in [6, 6.07) is 11.3. The highest BCUT2D eigenvalue weighted by molar-refractivity contribution is 7.21. The Morgan fingerprint density at radius 2 is 2.06 bits per heavy atom. The minimum absolute atomic E-state index is 0.280. The van der Waals surface area contributed by atoms with Crippen LogP contribution in [0.3, 0.4) is 0 Å². The molecule has 0 unspecified atom stereocenters. The van der Waals surface area contributed by atoms with Crippen molar-refractivity contribution >= 4 is 39.0 Å². The number of nitrogen functional groups attached to an aromatic ring is 1. The first-order valence-electron chi connectivity index (χ1n) is 11.8. The molecule has 2 aromatic heterocycles. The molecule has 1 aliphatic carbocycles. The zero-order valence-corrected chi connectivity index (χ0v) is 21.3. The number of nitriles is 1. The molecule has 0 saturated heterocycles. The molecule has 0 atom stereocenters. The summed E-state index contributed by atoms with van der Waals surface area (Å²) in [5.74, 6) is 0.820. The quantitative estimate of drug-likeness (QED) is 0.240. The van der Waals surface area contributed by atoms with Crippen molar-refractivity contribution in [2.45, 2.75) is 19.3 Å². The highest BCUT2D eigenvalue weighted by Gasteiger charge is 2.25. The standard InChI is InChI=1S/C26H30N6O3S/c1-32(2)10-3-4-11-34-12-6-9-30-25-17(15-27)13-18-21(23(24(29)33)36-26(18)31-25)22-19(28)14-16-7-5-8-20(16)35-22/h5,7-8,13-14H,3-4,6,9-12,28H2,1-2H3,(H2,29,33)(H,30,31). The molecule has 3 heterocycles. The molecule has 0 fully saturated rings. The van der Waals surface area contributed by atoms with E-state index in [9.17, 15) is 10.1 Å². The maximum Gasteiger partial charge on any atom is 0.259 e. The number of hydrogen-bond acceptors (Lipinski definition) is 9. The number of carbonyl (C=O) groups is 1. The molecule has 36 heavy (non-hydrogen) atoms. The molecule has 188 valence electrons. The van der Waals surface area contributed by atoms with Crippen molar-refractivity contribution < 1.29 is 13.9 Å². The van der Waals surface area contributed by atoms with Crippen LogP contribution in [0, 0.1) is 11.3 Å². The number of pyridine rings is 1. The third kappa shape index (κ3) is 5.60. The van der Waals surface area contributed by atoms with Crippen molar-refractivity contribution in [1.29, 1.82) is 5.26 Å². The average molecular weight is 507 g/mol. The number of ether oxygens (including phenoxy) is 1. The van der Waals surface area contributed by atoms with Crippen LogP contribution in [0.2, 0.25) is 0 Å². The number of thiophene rings is 1. The lowest BCUT2D eigenvalue weighted by Gasteiger charge is -2.11. The SMILES string of the molecule is CN(C)CCCCOCCCNc1nc2sc(C(N)=O)c(-c3oc4cccc-4cc3N)c2cc1C#N. The second-order valence-corrected chi connectivity index (χ2v) is 9.80. The first kappa shape index (κ1) is 25.4. The smallest absolute Gasteiger partial charge is 0.259 e. The second-order valence-electron chi connectivity index (χ2n) is 8.80. The van der Waals surface area contributed by atoms with E-state index < -0.39 is 5.91 Å². The fourth-order valence-electron chi connectivity index (χ4n) is 3.98. The minimum atomic E-state index is -0.610. The Labute approximate surface area is 214 Å². The lowest BCUT2D eigenvalue weighted by Crippen LogP contribution is -2.13. The lowest BCUT2D eigenvalue weighted by molar-refractivity contribution is 0.100. The van der Waals surface area contributed by atoms with E-state index in [1.165, 1.54) is 0 Å². The average Bonchev–Trinajstić information content (AvgIpc) is 3.45. The van der Waals surface area contributed by atoms with E-state index in [4.69, 9.17) is 20.6 Å². The highest BCUT2D eigenvalue weighted by Crippen LogP contribution is 2.43. The minimum Gasteiger partial charge on any atom is -0.454 e. The Balaban J connectivity index is 1.53. The number of hydrogen-bond donors (Lipinski definition) is 3. The maximum absolute atomic E-state index is 12.3. The van der Waals surface area contributed by atoms with Crippen molar-refractivity contribution in [3.8, 4) is 28.7 Å². The summed E-state index contributed by atoms with van der Waals surface area (Å²) in [6.45, 7) is 3.02. The second kappa shape index (κ2) is 11.4. The zero-order chi connectivity index (χ0) is 25.7. The van der Waals surface area contributed by atoms with E-state index in [-0.39, 0.29) is 4.88 Å². The van der Waals surface area contributed by atoms with Gasteiger partial charge in [-0.1, -0.05) is 12.1 Å². The molecule has 0 bridgehead atoms. The Bertz CT molecular complexity index is 1370. The van der Waals surface area contributed by atoms with Crippen LogP contribution < -0.4 is 16.8 Å². The van der Waals surface area contributed by atoms with Crippen molar-refractivity contribution in [2.75, 3.05) is 51.4 Å². The van der Waals surface area contributed by atoms with Gasteiger partial charge >= 0.3 is 0 Å². The zero-order valence-electron chi connectivity index (χ0n) is 20.5. The van der Waals surface area contributed by atoms with Crippen LogP contribution in [0.5, 0.6) is 0 Å². The van der Waals surface area contributed by atoms with Crippen LogP contribution in [0.4, 0.5) is 11.5 Å². The number of aromatic nitrogens is 1. The van der Waals surface area contributed by atoms with Crippen molar-refractivity contribution in [3.63, 3.8) is 0 Å². The van der Waals surface area contributed by atoms with Gasteiger partial charge in [0.1, 0.15) is 27.4 Å². The Morgan fingerprint density at radius 1 is 1.25 bits per heavy atom. The third-order valence-electron chi connectivity index (χ3n) is 5.75. The number of carbonyl (C=O) groups excluding carboxylic acids is 1. The molecule has 9 nitrogen and oxygen atoms in total. The normalized spacial score (nSPS) is 11.4. The predicted octanol–water partition coefficient (Wildman–Crippen LogP) is 4.37. The number of nitrogens with two attached hydrogens (primary N) is 2. The molecule has 0 spiro atoms. The molecule has 5 N–H and O–H groups in total. The van der Waals surface area contributed by atoms with Gasteiger partial charge in [0.15, 0.2) is 5.76 Å². The third-order valence-corrected chi connectivity index (χ3v) is 6.86. The van der Waals surface area contributed by atoms with Gasteiger partial charge < -0.3 is 30.8 Å². The van der Waals surface area contributed by atoms with Gasteiger partial charge in [0.25, 0.3) is 5.91 Å². The summed E-state index contributed by atoms with van der Waals surface area (Å²) in [5, 5.41) is 13.6. The monoisotopic (exact) mass is 506 g/mol. The summed E-state index contributed by atoms with van der Waals surface area (Å²) >= 11 is 1.15. The van der Waals surface area contributed by atoms with Crippen molar-refractivity contribution in [2.24, 2.45) is 5.73 Å². The van der Waals surface area contributed by atoms with Gasteiger partial charge in [-0.15, -0.1) is 11.3 Å². The number of rotatable bonds is 12. The molecule has 0 aromatic carbocycles. The first-order valence-corrected chi connectivity index (χ1v) is 12.6. The van der Waals surface area contributed by atoms with Crippen molar-refractivity contribution in [3.05, 3.63) is 40.8 Å². The highest BCUT2D eigenvalue weighted by atomic mass is 32.1. The number of primary amides is 1. The van der Waals surface area contributed by atoms with Crippen LogP contribution in [0.25, 0.3) is 32.9 Å². The summed E-state index contributed by atoms with van der Waals surface area (Å²) in [4.78, 5) is 20.0. The molecule has 1 amide bonds. The lowest BCUT2D eigenvalue weighted by atomic mass is 10.0. The molecule has 0 radical (unpaired) electrons. The van der Waals surface area contributed by atoms with Gasteiger partial charge in [0.2, 0.25) is 0 Å². The summed E-state index contributed by atoms with van der Waals surface area (Å²) in [6.07, 6.45) is 2.91. The number of nitrogens with one attached hydrogen (secondary N) is 1. The largest absolute Gasteiger partial charge is 0.454 e. The fraction of sp³-hybridized carbons (Fsp3) is 0.346. The van der Waals surface area contributed by atoms with Gasteiger partial charge in [-0.3, -0.25) is 4.79 Å². The summed E-state index contributed by atoms with van der Waals surface area (Å²) < 4.78 is 11.7. The number of nitrogens with zero attached hydrogens (tertiary/aromatic N) is 3. The van der Waals surface area contributed by atoms with Crippen LogP contribution in [-0.4, -0.2) is 56.2 Å². The van der Waals surface area contributed by atoms with E-state index in [0.717, 1.165) is 49.3 Å². The summed E-state index contributed by atoms with van der Waals surface area (Å²) in [5.41, 5.74) is 14.0. The van der Waals surface area contributed by atoms with Crippen molar-refractivity contribution in [1.82, 2.24) is 9.88 Å². The van der Waals surface area contributed by atoms with Crippen LogP contribution in [0.15, 0.2) is 34.7 Å². The van der Waals surface area contributed by atoms with Gasteiger partial charge in [0.05, 0.1) is 16.8 Å². The number of fused-ring (bicyclic) bond motifs is 2. The van der Waals surface area contributed by atoms with Crippen LogP contribution in [-0.2, 0) is 4.74 Å². The molecule has 2 aromatic rings. The molecular weight excluding hydrogens is 476 g/mol. The molecular formula is C26H30N6O3S. The Morgan fingerprint density at radius 3 is 2.81 bits per heavy atom. The van der Waals surface area contributed by atoms with Gasteiger partial charge in [-0.25, -0.2) is 4.98 Å². The van der Waals surface area contributed by atoms with E-state index in [1.807, 2.05) is 18.2 Å². The molecule has 10 heteroatoms. The number of amides is 1. The molecule has 0 saturated carbocycles. The van der Waals surface area contributed by atoms with E-state index in [0.29, 0.717) is 57.5 Å². The maximum atomic E-state index is 12.3. The number of unbranched alkanes of at least 4 members (excludes halogenated alkanes) is 1.